The molecule has 0 bridgehead atoms. The van der Waals surface area contributed by atoms with E-state index in [1.54, 1.807) is 0 Å². The Bertz CT molecular complexity index is 615. The standard InChI is InChI=1S/C16H25FN2O3S/c1-5-12(4)18-16(20)10-15(11(2)3)19-23(21,22)14-8-6-13(17)7-9-14/h6-9,11-12,15,19H,5,10H2,1-4H3,(H,18,20). The van der Waals surface area contributed by atoms with Crippen molar-refractivity contribution in [3.8, 4) is 0 Å². The van der Waals surface area contributed by atoms with Gasteiger partial charge in [0.1, 0.15) is 5.82 Å². The maximum Gasteiger partial charge on any atom is 0.240 e. The lowest BCUT2D eigenvalue weighted by Gasteiger charge is -2.23. The predicted molar refractivity (Wildman–Crippen MR) is 87.9 cm³/mol. The van der Waals surface area contributed by atoms with E-state index in [4.69, 9.17) is 0 Å². The summed E-state index contributed by atoms with van der Waals surface area (Å²) >= 11 is 0. The molecule has 7 heteroatoms. The van der Waals surface area contributed by atoms with Gasteiger partial charge in [0.2, 0.25) is 15.9 Å². The Morgan fingerprint density at radius 2 is 1.74 bits per heavy atom. The molecule has 1 amide bonds. The van der Waals surface area contributed by atoms with Crippen molar-refractivity contribution in [1.82, 2.24) is 10.0 Å². The highest BCUT2D eigenvalue weighted by atomic mass is 32.2. The summed E-state index contributed by atoms with van der Waals surface area (Å²) in [5.41, 5.74) is 0. The lowest BCUT2D eigenvalue weighted by molar-refractivity contribution is -0.122. The van der Waals surface area contributed by atoms with Crippen LogP contribution >= 0.6 is 0 Å². The van der Waals surface area contributed by atoms with Gasteiger partial charge in [-0.3, -0.25) is 4.79 Å². The normalized spacial score (nSPS) is 14.5. The Kier molecular flexibility index (Phi) is 7.15. The van der Waals surface area contributed by atoms with Crippen molar-refractivity contribution in [2.45, 2.75) is 57.5 Å². The maximum atomic E-state index is 12.9. The van der Waals surface area contributed by atoms with Gasteiger partial charge in [-0.15, -0.1) is 0 Å². The van der Waals surface area contributed by atoms with E-state index in [9.17, 15) is 17.6 Å². The van der Waals surface area contributed by atoms with Crippen LogP contribution in [0.5, 0.6) is 0 Å². The molecule has 0 heterocycles. The Balaban J connectivity index is 2.82. The Labute approximate surface area is 137 Å². The molecular weight excluding hydrogens is 319 g/mol. The molecule has 0 radical (unpaired) electrons. The van der Waals surface area contributed by atoms with Crippen LogP contribution in [0.3, 0.4) is 0 Å². The fourth-order valence-corrected chi connectivity index (χ4v) is 3.31. The van der Waals surface area contributed by atoms with E-state index < -0.39 is 21.9 Å². The topological polar surface area (TPSA) is 75.3 Å². The summed E-state index contributed by atoms with van der Waals surface area (Å²) < 4.78 is 40.2. The van der Waals surface area contributed by atoms with Crippen LogP contribution in [0.2, 0.25) is 0 Å². The van der Waals surface area contributed by atoms with Gasteiger partial charge in [0.15, 0.2) is 0 Å². The van der Waals surface area contributed by atoms with Crippen molar-refractivity contribution >= 4 is 15.9 Å². The number of hydrogen-bond donors (Lipinski definition) is 2. The SMILES string of the molecule is CCC(C)NC(=O)CC(NS(=O)(=O)c1ccc(F)cc1)C(C)C. The maximum absolute atomic E-state index is 12.9. The molecule has 1 aromatic rings. The molecular formula is C16H25FN2O3S. The second-order valence-corrected chi connectivity index (χ2v) is 7.72. The van der Waals surface area contributed by atoms with Crippen molar-refractivity contribution in [3.05, 3.63) is 30.1 Å². The van der Waals surface area contributed by atoms with E-state index in [1.165, 1.54) is 12.1 Å². The summed E-state index contributed by atoms with van der Waals surface area (Å²) in [7, 11) is -3.80. The second kappa shape index (κ2) is 8.40. The first-order chi connectivity index (χ1) is 10.7. The molecule has 0 saturated heterocycles. The number of hydrogen-bond acceptors (Lipinski definition) is 3. The number of benzene rings is 1. The van der Waals surface area contributed by atoms with Gasteiger partial charge < -0.3 is 5.32 Å². The van der Waals surface area contributed by atoms with E-state index in [0.717, 1.165) is 18.6 Å². The van der Waals surface area contributed by atoms with E-state index >= 15 is 0 Å². The molecule has 5 nitrogen and oxygen atoms in total. The van der Waals surface area contributed by atoms with Crippen LogP contribution in [0, 0.1) is 11.7 Å². The van der Waals surface area contributed by atoms with Crippen molar-refractivity contribution in [2.75, 3.05) is 0 Å². The number of halogens is 1. The van der Waals surface area contributed by atoms with Crippen LogP contribution in [0.4, 0.5) is 4.39 Å². The van der Waals surface area contributed by atoms with Gasteiger partial charge in [0.25, 0.3) is 0 Å². The molecule has 0 spiro atoms. The minimum atomic E-state index is -3.80. The van der Waals surface area contributed by atoms with Gasteiger partial charge in [-0.05, 0) is 43.5 Å². The van der Waals surface area contributed by atoms with Gasteiger partial charge in [-0.2, -0.15) is 0 Å². The largest absolute Gasteiger partial charge is 0.354 e. The Hall–Kier alpha value is -1.47. The first-order valence-electron chi connectivity index (χ1n) is 7.73. The number of nitrogens with one attached hydrogen (secondary N) is 2. The minimum absolute atomic E-state index is 0.0214. The molecule has 2 unspecified atom stereocenters. The molecule has 0 saturated carbocycles. The monoisotopic (exact) mass is 344 g/mol. The molecule has 2 atom stereocenters. The van der Waals surface area contributed by atoms with Gasteiger partial charge >= 0.3 is 0 Å². The third kappa shape index (κ3) is 6.27. The smallest absolute Gasteiger partial charge is 0.240 e. The Morgan fingerprint density at radius 1 is 1.17 bits per heavy atom. The minimum Gasteiger partial charge on any atom is -0.354 e. The predicted octanol–water partition coefficient (Wildman–Crippen LogP) is 2.43. The molecule has 23 heavy (non-hydrogen) atoms. The van der Waals surface area contributed by atoms with Crippen LogP contribution in [-0.2, 0) is 14.8 Å². The first kappa shape index (κ1) is 19.6. The molecule has 2 N–H and O–H groups in total. The fourth-order valence-electron chi connectivity index (χ4n) is 1.93. The number of amides is 1. The highest BCUT2D eigenvalue weighted by molar-refractivity contribution is 7.89. The zero-order valence-corrected chi connectivity index (χ0v) is 14.8. The second-order valence-electron chi connectivity index (χ2n) is 6.01. The third-order valence-corrected chi connectivity index (χ3v) is 5.17. The summed E-state index contributed by atoms with van der Waals surface area (Å²) in [5, 5.41) is 2.82. The van der Waals surface area contributed by atoms with Crippen LogP contribution in [0.25, 0.3) is 0 Å². The summed E-state index contributed by atoms with van der Waals surface area (Å²) in [5.74, 6) is -0.759. The molecule has 1 aromatic carbocycles. The van der Waals surface area contributed by atoms with Crippen molar-refractivity contribution in [1.29, 1.82) is 0 Å². The number of carbonyl (C=O) groups is 1. The lowest BCUT2D eigenvalue weighted by atomic mass is 10.0. The summed E-state index contributed by atoms with van der Waals surface area (Å²) in [6.45, 7) is 7.54. The van der Waals surface area contributed by atoms with Crippen LogP contribution in [-0.4, -0.2) is 26.4 Å². The molecule has 0 aliphatic heterocycles. The summed E-state index contributed by atoms with van der Waals surface area (Å²) in [6.07, 6.45) is 0.863. The molecule has 0 aliphatic carbocycles. The van der Waals surface area contributed by atoms with Crippen LogP contribution in [0.15, 0.2) is 29.2 Å². The summed E-state index contributed by atoms with van der Waals surface area (Å²) in [4.78, 5) is 12.0. The molecule has 1 rings (SSSR count). The quantitative estimate of drug-likeness (QED) is 0.760. The number of sulfonamides is 1. The zero-order valence-electron chi connectivity index (χ0n) is 14.0. The molecule has 0 aliphatic rings. The van der Waals surface area contributed by atoms with E-state index in [-0.39, 0.29) is 29.2 Å². The first-order valence-corrected chi connectivity index (χ1v) is 9.21. The third-order valence-electron chi connectivity index (χ3n) is 3.66. The molecule has 130 valence electrons. The average molecular weight is 344 g/mol. The highest BCUT2D eigenvalue weighted by Gasteiger charge is 2.25. The number of carbonyl (C=O) groups excluding carboxylic acids is 1. The van der Waals surface area contributed by atoms with Crippen LogP contribution in [0.1, 0.15) is 40.5 Å². The van der Waals surface area contributed by atoms with Gasteiger partial charge in [0.05, 0.1) is 4.90 Å². The van der Waals surface area contributed by atoms with Gasteiger partial charge in [-0.25, -0.2) is 17.5 Å². The lowest BCUT2D eigenvalue weighted by Crippen LogP contribution is -2.43. The van der Waals surface area contributed by atoms with Gasteiger partial charge in [0, 0.05) is 18.5 Å². The van der Waals surface area contributed by atoms with E-state index in [2.05, 4.69) is 10.0 Å². The van der Waals surface area contributed by atoms with Crippen molar-refractivity contribution in [3.63, 3.8) is 0 Å². The average Bonchev–Trinajstić information content (AvgIpc) is 2.46. The van der Waals surface area contributed by atoms with Gasteiger partial charge in [-0.1, -0.05) is 20.8 Å². The Morgan fingerprint density at radius 3 is 2.22 bits per heavy atom. The van der Waals surface area contributed by atoms with E-state index in [1.807, 2.05) is 27.7 Å². The van der Waals surface area contributed by atoms with Crippen LogP contribution < -0.4 is 10.0 Å². The molecule has 0 aromatic heterocycles. The zero-order chi connectivity index (χ0) is 17.6. The fraction of sp³-hybridized carbons (Fsp3) is 0.562. The van der Waals surface area contributed by atoms with Crippen molar-refractivity contribution < 1.29 is 17.6 Å². The van der Waals surface area contributed by atoms with E-state index in [0.29, 0.717) is 0 Å². The molecule has 0 fully saturated rings. The number of rotatable bonds is 8. The summed E-state index contributed by atoms with van der Waals surface area (Å²) in [6, 6.07) is 4.10. The van der Waals surface area contributed by atoms with Crippen molar-refractivity contribution in [2.24, 2.45) is 5.92 Å². The highest BCUT2D eigenvalue weighted by Crippen LogP contribution is 2.14.